The summed E-state index contributed by atoms with van der Waals surface area (Å²) in [5, 5.41) is 8.69. The van der Waals surface area contributed by atoms with Gasteiger partial charge in [0.05, 0.1) is 11.7 Å². The number of nitrogens with zero attached hydrogens (tertiary/aromatic N) is 3. The standard InChI is InChI=1S/C14H17N3O2/c1-2-17(10-13-4-3-7-19-13)14(18)11-5-6-12(8-15)16-9-11/h5-6,9,13H,2-4,7,10H2,1H3/t13-/m0/s1. The van der Waals surface area contributed by atoms with E-state index in [-0.39, 0.29) is 12.0 Å². The summed E-state index contributed by atoms with van der Waals surface area (Å²) in [4.78, 5) is 18.0. The van der Waals surface area contributed by atoms with E-state index in [2.05, 4.69) is 4.98 Å². The number of aromatic nitrogens is 1. The maximum absolute atomic E-state index is 12.3. The van der Waals surface area contributed by atoms with Crippen LogP contribution in [0, 0.1) is 11.3 Å². The lowest BCUT2D eigenvalue weighted by atomic mass is 10.2. The first-order valence-corrected chi connectivity index (χ1v) is 6.51. The highest BCUT2D eigenvalue weighted by molar-refractivity contribution is 5.94. The van der Waals surface area contributed by atoms with E-state index in [0.29, 0.717) is 24.3 Å². The largest absolute Gasteiger partial charge is 0.376 e. The molecule has 0 spiro atoms. The minimum absolute atomic E-state index is 0.0602. The van der Waals surface area contributed by atoms with Gasteiger partial charge in [0.25, 0.3) is 5.91 Å². The van der Waals surface area contributed by atoms with E-state index < -0.39 is 0 Å². The summed E-state index contributed by atoms with van der Waals surface area (Å²) in [6, 6.07) is 5.15. The third kappa shape index (κ3) is 3.30. The monoisotopic (exact) mass is 259 g/mol. The van der Waals surface area contributed by atoms with Crippen LogP contribution in [-0.2, 0) is 4.74 Å². The molecule has 1 fully saturated rings. The van der Waals surface area contributed by atoms with Crippen LogP contribution in [0.5, 0.6) is 0 Å². The molecule has 1 amide bonds. The Balaban J connectivity index is 2.04. The van der Waals surface area contributed by atoms with Crippen LogP contribution in [0.2, 0.25) is 0 Å². The van der Waals surface area contributed by atoms with Gasteiger partial charge in [0.15, 0.2) is 0 Å². The number of carbonyl (C=O) groups is 1. The molecule has 0 aliphatic carbocycles. The minimum atomic E-state index is -0.0602. The summed E-state index contributed by atoms with van der Waals surface area (Å²) in [5.41, 5.74) is 0.831. The Kier molecular flexibility index (Phi) is 4.48. The van der Waals surface area contributed by atoms with Crippen LogP contribution in [0.1, 0.15) is 35.8 Å². The number of amides is 1. The van der Waals surface area contributed by atoms with Crippen LogP contribution < -0.4 is 0 Å². The zero-order valence-electron chi connectivity index (χ0n) is 11.0. The summed E-state index contributed by atoms with van der Waals surface area (Å²) >= 11 is 0. The number of nitriles is 1. The SMILES string of the molecule is CCN(C[C@@H]1CCCO1)C(=O)c1ccc(C#N)nc1. The molecule has 2 rings (SSSR count). The molecule has 1 aromatic heterocycles. The van der Waals surface area contributed by atoms with Crippen LogP contribution in [0.25, 0.3) is 0 Å². The van der Waals surface area contributed by atoms with E-state index in [1.165, 1.54) is 6.20 Å². The van der Waals surface area contributed by atoms with Crippen LogP contribution in [-0.4, -0.2) is 41.6 Å². The third-order valence-corrected chi connectivity index (χ3v) is 3.24. The van der Waals surface area contributed by atoms with E-state index in [1.54, 1.807) is 17.0 Å². The first-order chi connectivity index (χ1) is 9.24. The van der Waals surface area contributed by atoms with Gasteiger partial charge in [-0.1, -0.05) is 0 Å². The van der Waals surface area contributed by atoms with Gasteiger partial charge >= 0.3 is 0 Å². The van der Waals surface area contributed by atoms with Gasteiger partial charge in [-0.2, -0.15) is 5.26 Å². The lowest BCUT2D eigenvalue weighted by molar-refractivity contribution is 0.0539. The molecule has 0 N–H and O–H groups in total. The highest BCUT2D eigenvalue weighted by Crippen LogP contribution is 2.14. The molecule has 1 saturated heterocycles. The first-order valence-electron chi connectivity index (χ1n) is 6.51. The summed E-state index contributed by atoms with van der Waals surface area (Å²) in [6.45, 7) is 3.99. The molecule has 0 radical (unpaired) electrons. The summed E-state index contributed by atoms with van der Waals surface area (Å²) in [5.74, 6) is -0.0602. The second-order valence-electron chi connectivity index (χ2n) is 4.52. The van der Waals surface area contributed by atoms with E-state index in [4.69, 9.17) is 10.00 Å². The molecular formula is C14H17N3O2. The number of hydrogen-bond acceptors (Lipinski definition) is 4. The predicted octanol–water partition coefficient (Wildman–Crippen LogP) is 1.59. The van der Waals surface area contributed by atoms with E-state index >= 15 is 0 Å². The van der Waals surface area contributed by atoms with Crippen molar-refractivity contribution in [2.24, 2.45) is 0 Å². The van der Waals surface area contributed by atoms with E-state index in [9.17, 15) is 4.79 Å². The number of pyridine rings is 1. The average Bonchev–Trinajstić information content (AvgIpc) is 2.97. The van der Waals surface area contributed by atoms with Crippen molar-refractivity contribution in [3.8, 4) is 6.07 Å². The molecule has 0 saturated carbocycles. The van der Waals surface area contributed by atoms with Crippen LogP contribution >= 0.6 is 0 Å². The average molecular weight is 259 g/mol. The topological polar surface area (TPSA) is 66.2 Å². The van der Waals surface area contributed by atoms with Crippen molar-refractivity contribution in [3.05, 3.63) is 29.6 Å². The molecule has 100 valence electrons. The van der Waals surface area contributed by atoms with Crippen molar-refractivity contribution in [2.75, 3.05) is 19.7 Å². The molecule has 1 aliphatic rings. The fourth-order valence-corrected chi connectivity index (χ4v) is 2.16. The van der Waals surface area contributed by atoms with Gasteiger partial charge in [0.1, 0.15) is 11.8 Å². The Morgan fingerprint density at radius 2 is 2.47 bits per heavy atom. The summed E-state index contributed by atoms with van der Waals surface area (Å²) < 4.78 is 5.56. The Hall–Kier alpha value is -1.93. The number of ether oxygens (including phenoxy) is 1. The molecule has 5 heteroatoms. The molecule has 1 atom stereocenters. The first kappa shape index (κ1) is 13.5. The molecule has 1 aliphatic heterocycles. The minimum Gasteiger partial charge on any atom is -0.376 e. The van der Waals surface area contributed by atoms with Gasteiger partial charge in [0, 0.05) is 25.9 Å². The summed E-state index contributed by atoms with van der Waals surface area (Å²) in [7, 11) is 0. The van der Waals surface area contributed by atoms with Crippen molar-refractivity contribution >= 4 is 5.91 Å². The second kappa shape index (κ2) is 6.30. The normalized spacial score (nSPS) is 18.0. The van der Waals surface area contributed by atoms with Gasteiger partial charge in [-0.15, -0.1) is 0 Å². The lowest BCUT2D eigenvalue weighted by Gasteiger charge is -2.23. The highest BCUT2D eigenvalue weighted by atomic mass is 16.5. The van der Waals surface area contributed by atoms with Crippen LogP contribution in [0.3, 0.4) is 0 Å². The smallest absolute Gasteiger partial charge is 0.255 e. The molecule has 5 nitrogen and oxygen atoms in total. The van der Waals surface area contributed by atoms with Gasteiger partial charge in [-0.25, -0.2) is 4.98 Å². The molecule has 2 heterocycles. The Morgan fingerprint density at radius 3 is 3.00 bits per heavy atom. The quantitative estimate of drug-likeness (QED) is 0.823. The molecule has 1 aromatic rings. The van der Waals surface area contributed by atoms with Gasteiger partial charge in [-0.05, 0) is 31.9 Å². The molecule has 0 aromatic carbocycles. The molecule has 19 heavy (non-hydrogen) atoms. The maximum atomic E-state index is 12.3. The van der Waals surface area contributed by atoms with Crippen LogP contribution in [0.15, 0.2) is 18.3 Å². The Morgan fingerprint density at radius 1 is 1.63 bits per heavy atom. The lowest BCUT2D eigenvalue weighted by Crippen LogP contribution is -2.37. The van der Waals surface area contributed by atoms with E-state index in [1.807, 2.05) is 13.0 Å². The fourth-order valence-electron chi connectivity index (χ4n) is 2.16. The molecule has 0 bridgehead atoms. The number of rotatable bonds is 4. The number of likely N-dealkylation sites (N-methyl/N-ethyl adjacent to an activating group) is 1. The third-order valence-electron chi connectivity index (χ3n) is 3.24. The maximum Gasteiger partial charge on any atom is 0.255 e. The Bertz CT molecular complexity index is 472. The Labute approximate surface area is 112 Å². The van der Waals surface area contributed by atoms with Crippen molar-refractivity contribution in [1.29, 1.82) is 5.26 Å². The van der Waals surface area contributed by atoms with Gasteiger partial charge in [0.2, 0.25) is 0 Å². The van der Waals surface area contributed by atoms with Crippen molar-refractivity contribution in [1.82, 2.24) is 9.88 Å². The summed E-state index contributed by atoms with van der Waals surface area (Å²) in [6.07, 6.45) is 3.68. The number of carbonyl (C=O) groups excluding carboxylic acids is 1. The number of hydrogen-bond donors (Lipinski definition) is 0. The second-order valence-corrected chi connectivity index (χ2v) is 4.52. The molecular weight excluding hydrogens is 242 g/mol. The highest BCUT2D eigenvalue weighted by Gasteiger charge is 2.22. The zero-order valence-corrected chi connectivity index (χ0v) is 11.0. The predicted molar refractivity (Wildman–Crippen MR) is 69.5 cm³/mol. The van der Waals surface area contributed by atoms with Crippen molar-refractivity contribution in [2.45, 2.75) is 25.9 Å². The zero-order chi connectivity index (χ0) is 13.7. The van der Waals surface area contributed by atoms with E-state index in [0.717, 1.165) is 19.4 Å². The molecule has 0 unspecified atom stereocenters. The fraction of sp³-hybridized carbons (Fsp3) is 0.500. The van der Waals surface area contributed by atoms with Gasteiger partial charge < -0.3 is 9.64 Å². The van der Waals surface area contributed by atoms with Crippen molar-refractivity contribution < 1.29 is 9.53 Å². The van der Waals surface area contributed by atoms with Crippen LogP contribution in [0.4, 0.5) is 0 Å². The van der Waals surface area contributed by atoms with Crippen molar-refractivity contribution in [3.63, 3.8) is 0 Å². The van der Waals surface area contributed by atoms with Gasteiger partial charge in [-0.3, -0.25) is 4.79 Å².